The molecule has 0 saturated heterocycles. The van der Waals surface area contributed by atoms with Crippen molar-refractivity contribution in [2.45, 2.75) is 6.54 Å². The molecule has 0 amide bonds. The number of aromatic nitrogens is 2. The number of oxime groups is 1. The maximum absolute atomic E-state index is 8.65. The molecule has 0 fully saturated rings. The smallest absolute Gasteiger partial charge is 0.193 e. The van der Waals surface area contributed by atoms with Gasteiger partial charge in [-0.2, -0.15) is 0 Å². The van der Waals surface area contributed by atoms with Crippen LogP contribution in [0.1, 0.15) is 11.3 Å². The van der Waals surface area contributed by atoms with Crippen LogP contribution >= 0.6 is 11.3 Å². The fraction of sp³-hybridized carbons (Fsp3) is 0.143. The maximum Gasteiger partial charge on any atom is 0.193 e. The van der Waals surface area contributed by atoms with Crippen LogP contribution in [0.4, 0.5) is 5.69 Å². The number of amidine groups is 1. The highest BCUT2D eigenvalue weighted by Gasteiger charge is 2.07. The largest absolute Gasteiger partial charge is 0.409 e. The van der Waals surface area contributed by atoms with E-state index in [1.807, 2.05) is 53.5 Å². The van der Waals surface area contributed by atoms with Crippen LogP contribution in [0.3, 0.4) is 0 Å². The molecule has 0 aliphatic rings. The lowest BCUT2D eigenvalue weighted by atomic mass is 10.2. The highest BCUT2D eigenvalue weighted by Crippen LogP contribution is 2.18. The number of benzene rings is 1. The van der Waals surface area contributed by atoms with E-state index in [0.29, 0.717) is 5.56 Å². The van der Waals surface area contributed by atoms with Crippen LogP contribution in [0.5, 0.6) is 0 Å². The van der Waals surface area contributed by atoms with E-state index in [1.165, 1.54) is 0 Å². The lowest BCUT2D eigenvalue weighted by Gasteiger charge is -2.18. The first-order valence-corrected chi connectivity index (χ1v) is 7.25. The van der Waals surface area contributed by atoms with E-state index in [4.69, 9.17) is 10.9 Å². The van der Waals surface area contributed by atoms with Crippen molar-refractivity contribution >= 4 is 27.8 Å². The van der Waals surface area contributed by atoms with Gasteiger partial charge in [-0.05, 0) is 24.3 Å². The van der Waals surface area contributed by atoms with Gasteiger partial charge in [-0.25, -0.2) is 4.98 Å². The van der Waals surface area contributed by atoms with Crippen LogP contribution in [0.15, 0.2) is 47.2 Å². The normalized spacial score (nSPS) is 12.0. The summed E-state index contributed by atoms with van der Waals surface area (Å²) in [5.41, 5.74) is 8.30. The zero-order chi connectivity index (χ0) is 14.8. The number of imidazole rings is 1. The van der Waals surface area contributed by atoms with E-state index in [-0.39, 0.29) is 5.84 Å². The highest BCUT2D eigenvalue weighted by atomic mass is 32.1. The summed E-state index contributed by atoms with van der Waals surface area (Å²) in [6, 6.07) is 7.52. The van der Waals surface area contributed by atoms with E-state index >= 15 is 0 Å². The summed E-state index contributed by atoms with van der Waals surface area (Å²) in [5.74, 6) is 0.110. The molecule has 108 valence electrons. The topological polar surface area (TPSA) is 79.2 Å². The van der Waals surface area contributed by atoms with Gasteiger partial charge < -0.3 is 15.8 Å². The summed E-state index contributed by atoms with van der Waals surface area (Å²) in [5, 5.41) is 13.7. The Morgan fingerprint density at radius 1 is 1.43 bits per heavy atom. The average molecular weight is 301 g/mol. The van der Waals surface area contributed by atoms with Crippen molar-refractivity contribution in [3.8, 4) is 0 Å². The molecule has 2 aromatic heterocycles. The van der Waals surface area contributed by atoms with Crippen LogP contribution in [0.25, 0.3) is 4.96 Å². The predicted octanol–water partition coefficient (Wildman–Crippen LogP) is 2.13. The molecule has 2 heterocycles. The molecule has 0 radical (unpaired) electrons. The van der Waals surface area contributed by atoms with Crippen LogP contribution in [0, 0.1) is 0 Å². The molecule has 3 aromatic rings. The number of thiazole rings is 1. The van der Waals surface area contributed by atoms with Gasteiger partial charge in [0.2, 0.25) is 0 Å². The third-order valence-corrected chi connectivity index (χ3v) is 4.02. The Bertz CT molecular complexity index is 746. The van der Waals surface area contributed by atoms with Crippen LogP contribution in [-0.2, 0) is 6.54 Å². The predicted molar refractivity (Wildman–Crippen MR) is 84.1 cm³/mol. The second-order valence-corrected chi connectivity index (χ2v) is 5.59. The zero-order valence-corrected chi connectivity index (χ0v) is 12.3. The molecular weight excluding hydrogens is 286 g/mol. The molecule has 0 saturated carbocycles. The first-order chi connectivity index (χ1) is 10.2. The van der Waals surface area contributed by atoms with E-state index in [1.54, 1.807) is 11.3 Å². The molecule has 21 heavy (non-hydrogen) atoms. The molecule has 3 N–H and O–H groups in total. The number of nitrogens with zero attached hydrogens (tertiary/aromatic N) is 4. The Labute approximate surface area is 125 Å². The van der Waals surface area contributed by atoms with Crippen molar-refractivity contribution in [1.29, 1.82) is 0 Å². The summed E-state index contributed by atoms with van der Waals surface area (Å²) < 4.78 is 2.02. The van der Waals surface area contributed by atoms with E-state index in [9.17, 15) is 0 Å². The third kappa shape index (κ3) is 2.68. The first kappa shape index (κ1) is 13.4. The molecular formula is C14H15N5OS. The van der Waals surface area contributed by atoms with Crippen LogP contribution in [-0.4, -0.2) is 27.5 Å². The van der Waals surface area contributed by atoms with Gasteiger partial charge in [0.15, 0.2) is 10.8 Å². The number of hydrogen-bond acceptors (Lipinski definition) is 5. The summed E-state index contributed by atoms with van der Waals surface area (Å²) in [6.45, 7) is 0.720. The lowest BCUT2D eigenvalue weighted by molar-refractivity contribution is 0.318. The molecule has 0 atom stereocenters. The molecule has 3 rings (SSSR count). The number of fused-ring (bicyclic) bond motifs is 1. The average Bonchev–Trinajstić information content (AvgIpc) is 3.07. The van der Waals surface area contributed by atoms with E-state index in [0.717, 1.165) is 22.9 Å². The molecule has 0 aliphatic carbocycles. The standard InChI is InChI=1S/C14H15N5OS/c1-18(8-11-9-19-6-7-21-14(19)16-11)12-4-2-10(3-5-12)13(15)17-20/h2-7,9,20H,8H2,1H3,(H2,15,17). The minimum atomic E-state index is 0.110. The summed E-state index contributed by atoms with van der Waals surface area (Å²) in [7, 11) is 2.01. The van der Waals surface area contributed by atoms with Crippen molar-refractivity contribution in [2.75, 3.05) is 11.9 Å². The highest BCUT2D eigenvalue weighted by molar-refractivity contribution is 7.15. The fourth-order valence-electron chi connectivity index (χ4n) is 2.13. The maximum atomic E-state index is 8.65. The van der Waals surface area contributed by atoms with Gasteiger partial charge in [0, 0.05) is 36.1 Å². The minimum absolute atomic E-state index is 0.110. The zero-order valence-electron chi connectivity index (χ0n) is 11.5. The van der Waals surface area contributed by atoms with Crippen molar-refractivity contribution < 1.29 is 5.21 Å². The van der Waals surface area contributed by atoms with Gasteiger partial charge in [-0.1, -0.05) is 5.16 Å². The van der Waals surface area contributed by atoms with Crippen molar-refractivity contribution in [3.63, 3.8) is 0 Å². The van der Waals surface area contributed by atoms with Gasteiger partial charge >= 0.3 is 0 Å². The van der Waals surface area contributed by atoms with E-state index in [2.05, 4.69) is 15.0 Å². The fourth-order valence-corrected chi connectivity index (χ4v) is 2.85. The van der Waals surface area contributed by atoms with Gasteiger partial charge in [0.25, 0.3) is 0 Å². The molecule has 7 heteroatoms. The van der Waals surface area contributed by atoms with Gasteiger partial charge in [-0.3, -0.25) is 4.40 Å². The van der Waals surface area contributed by atoms with Crippen molar-refractivity contribution in [3.05, 3.63) is 53.3 Å². The van der Waals surface area contributed by atoms with Crippen molar-refractivity contribution in [1.82, 2.24) is 9.38 Å². The quantitative estimate of drug-likeness (QED) is 0.335. The summed E-state index contributed by atoms with van der Waals surface area (Å²) in [6.07, 6.45) is 4.04. The number of nitrogens with two attached hydrogens (primary N) is 1. The molecule has 6 nitrogen and oxygen atoms in total. The SMILES string of the molecule is CN(Cc1cn2ccsc2n1)c1ccc(/C(N)=N/O)cc1. The lowest BCUT2D eigenvalue weighted by Crippen LogP contribution is -2.17. The molecule has 0 unspecified atom stereocenters. The third-order valence-electron chi connectivity index (χ3n) is 3.25. The molecule has 0 spiro atoms. The van der Waals surface area contributed by atoms with Gasteiger partial charge in [-0.15, -0.1) is 11.3 Å². The van der Waals surface area contributed by atoms with Gasteiger partial charge in [0.1, 0.15) is 0 Å². The van der Waals surface area contributed by atoms with Gasteiger partial charge in [0.05, 0.1) is 12.2 Å². The Kier molecular flexibility index (Phi) is 3.49. The second kappa shape index (κ2) is 5.45. The Morgan fingerprint density at radius 3 is 2.86 bits per heavy atom. The number of rotatable bonds is 4. The Morgan fingerprint density at radius 2 is 2.19 bits per heavy atom. The summed E-state index contributed by atoms with van der Waals surface area (Å²) >= 11 is 1.62. The minimum Gasteiger partial charge on any atom is -0.409 e. The Hall–Kier alpha value is -2.54. The van der Waals surface area contributed by atoms with Crippen molar-refractivity contribution in [2.24, 2.45) is 10.9 Å². The Balaban J connectivity index is 1.75. The van der Waals surface area contributed by atoms with Crippen LogP contribution in [0.2, 0.25) is 0 Å². The first-order valence-electron chi connectivity index (χ1n) is 6.37. The van der Waals surface area contributed by atoms with Crippen LogP contribution < -0.4 is 10.6 Å². The second-order valence-electron chi connectivity index (χ2n) is 4.71. The molecule has 0 aliphatic heterocycles. The molecule has 1 aromatic carbocycles. The monoisotopic (exact) mass is 301 g/mol. The number of anilines is 1. The number of hydrogen-bond donors (Lipinski definition) is 2. The summed E-state index contributed by atoms with van der Waals surface area (Å²) in [4.78, 5) is 7.67. The van der Waals surface area contributed by atoms with E-state index < -0.39 is 0 Å². The molecule has 0 bridgehead atoms.